The summed E-state index contributed by atoms with van der Waals surface area (Å²) in [5.74, 6) is 2.67. The van der Waals surface area contributed by atoms with Gasteiger partial charge in [-0.3, -0.25) is 0 Å². The summed E-state index contributed by atoms with van der Waals surface area (Å²) in [5.41, 5.74) is 1.00. The van der Waals surface area contributed by atoms with Crippen molar-refractivity contribution in [2.24, 2.45) is 28.6 Å². The van der Waals surface area contributed by atoms with Gasteiger partial charge in [-0.2, -0.15) is 0 Å². The Balaban J connectivity index is 2.93. The summed E-state index contributed by atoms with van der Waals surface area (Å²) < 4.78 is 0. The van der Waals surface area contributed by atoms with Crippen LogP contribution < -0.4 is 0 Å². The van der Waals surface area contributed by atoms with E-state index in [-0.39, 0.29) is 0 Å². The minimum absolute atomic E-state index is 0.501. The fourth-order valence-corrected chi connectivity index (χ4v) is 3.31. The molecule has 84 valence electrons. The molecular formula is C14H28. The van der Waals surface area contributed by atoms with Gasteiger partial charge in [0.05, 0.1) is 0 Å². The normalized spacial score (nSPS) is 37.1. The van der Waals surface area contributed by atoms with Gasteiger partial charge in [0.1, 0.15) is 0 Å². The van der Waals surface area contributed by atoms with Crippen molar-refractivity contribution < 1.29 is 0 Å². The molecule has 0 amide bonds. The van der Waals surface area contributed by atoms with E-state index in [1.807, 2.05) is 0 Å². The Bertz CT molecular complexity index is 200. The van der Waals surface area contributed by atoms with Crippen molar-refractivity contribution in [1.82, 2.24) is 0 Å². The van der Waals surface area contributed by atoms with Crippen LogP contribution in [0.1, 0.15) is 61.3 Å². The van der Waals surface area contributed by atoms with Gasteiger partial charge in [-0.25, -0.2) is 0 Å². The second-order valence-electron chi connectivity index (χ2n) is 6.57. The summed E-state index contributed by atoms with van der Waals surface area (Å²) >= 11 is 0. The summed E-state index contributed by atoms with van der Waals surface area (Å²) in [6.45, 7) is 17.1. The monoisotopic (exact) mass is 196 g/mol. The minimum Gasteiger partial charge on any atom is -0.0651 e. The van der Waals surface area contributed by atoms with Crippen LogP contribution in [0.4, 0.5) is 0 Å². The number of hydrogen-bond donors (Lipinski definition) is 0. The highest BCUT2D eigenvalue weighted by Gasteiger charge is 2.53. The molecule has 0 spiro atoms. The van der Waals surface area contributed by atoms with E-state index in [9.17, 15) is 0 Å². The van der Waals surface area contributed by atoms with Crippen LogP contribution in [0, 0.1) is 28.6 Å². The molecule has 1 fully saturated rings. The van der Waals surface area contributed by atoms with E-state index in [0.29, 0.717) is 10.8 Å². The molecule has 0 aromatic rings. The molecule has 0 saturated heterocycles. The lowest BCUT2D eigenvalue weighted by Crippen LogP contribution is -2.36. The molecule has 0 N–H and O–H groups in total. The van der Waals surface area contributed by atoms with Crippen molar-refractivity contribution in [1.29, 1.82) is 0 Å². The summed E-state index contributed by atoms with van der Waals surface area (Å²) in [6, 6.07) is 0. The molecule has 1 rings (SSSR count). The fraction of sp³-hybridized carbons (Fsp3) is 1.00. The fourth-order valence-electron chi connectivity index (χ4n) is 3.31. The van der Waals surface area contributed by atoms with E-state index < -0.39 is 0 Å². The molecule has 14 heavy (non-hydrogen) atoms. The average molecular weight is 196 g/mol. The lowest BCUT2D eigenvalue weighted by Gasteiger charge is -2.42. The maximum atomic E-state index is 2.48. The largest absolute Gasteiger partial charge is 0.0651 e. The van der Waals surface area contributed by atoms with Crippen molar-refractivity contribution in [3.05, 3.63) is 0 Å². The highest BCUT2D eigenvalue weighted by Crippen LogP contribution is 2.60. The average Bonchev–Trinajstić information content (AvgIpc) is 2.25. The zero-order valence-electron chi connectivity index (χ0n) is 11.1. The molecule has 0 nitrogen and oxygen atoms in total. The third-order valence-corrected chi connectivity index (χ3v) is 5.76. The topological polar surface area (TPSA) is 0 Å². The molecular weight excluding hydrogens is 168 g/mol. The van der Waals surface area contributed by atoms with Crippen LogP contribution in [-0.4, -0.2) is 0 Å². The molecule has 0 aliphatic heterocycles. The Kier molecular flexibility index (Phi) is 3.05. The summed E-state index contributed by atoms with van der Waals surface area (Å²) in [6.07, 6.45) is 2.76. The number of hydrogen-bond acceptors (Lipinski definition) is 0. The van der Waals surface area contributed by atoms with E-state index in [4.69, 9.17) is 0 Å². The van der Waals surface area contributed by atoms with Crippen LogP contribution in [0.5, 0.6) is 0 Å². The maximum absolute atomic E-state index is 2.48. The minimum atomic E-state index is 0.501. The Hall–Kier alpha value is 0. The Morgan fingerprint density at radius 1 is 1.14 bits per heavy atom. The molecule has 1 aliphatic rings. The Labute approximate surface area is 90.5 Å². The van der Waals surface area contributed by atoms with Crippen LogP contribution in [0.3, 0.4) is 0 Å². The summed E-state index contributed by atoms with van der Waals surface area (Å²) in [4.78, 5) is 0. The highest BCUT2D eigenvalue weighted by atomic mass is 14.6. The van der Waals surface area contributed by atoms with Gasteiger partial charge in [0.2, 0.25) is 0 Å². The third kappa shape index (κ3) is 1.51. The quantitative estimate of drug-likeness (QED) is 0.598. The first-order valence-electron chi connectivity index (χ1n) is 6.25. The van der Waals surface area contributed by atoms with Gasteiger partial charge in [0.25, 0.3) is 0 Å². The van der Waals surface area contributed by atoms with Gasteiger partial charge in [-0.05, 0) is 35.0 Å². The van der Waals surface area contributed by atoms with Crippen molar-refractivity contribution in [2.75, 3.05) is 0 Å². The Morgan fingerprint density at radius 2 is 1.64 bits per heavy atom. The van der Waals surface area contributed by atoms with E-state index in [1.165, 1.54) is 12.8 Å². The SMILES string of the molecule is CCC(C)C1CC(C)C(C)(C)C1(C)C. The third-order valence-electron chi connectivity index (χ3n) is 5.76. The maximum Gasteiger partial charge on any atom is -0.0269 e. The molecule has 1 aliphatic carbocycles. The first-order valence-corrected chi connectivity index (χ1v) is 6.25. The molecule has 3 unspecified atom stereocenters. The second-order valence-corrected chi connectivity index (χ2v) is 6.57. The van der Waals surface area contributed by atoms with Crippen LogP contribution in [-0.2, 0) is 0 Å². The van der Waals surface area contributed by atoms with Gasteiger partial charge in [0, 0.05) is 0 Å². The smallest absolute Gasteiger partial charge is 0.0269 e. The van der Waals surface area contributed by atoms with Gasteiger partial charge in [-0.1, -0.05) is 54.9 Å². The molecule has 3 atom stereocenters. The molecule has 0 heteroatoms. The Morgan fingerprint density at radius 3 is 1.93 bits per heavy atom. The molecule has 0 bridgehead atoms. The van der Waals surface area contributed by atoms with E-state index in [1.54, 1.807) is 0 Å². The van der Waals surface area contributed by atoms with Crippen LogP contribution >= 0.6 is 0 Å². The zero-order valence-corrected chi connectivity index (χ0v) is 11.1. The zero-order chi connectivity index (χ0) is 11.1. The predicted molar refractivity (Wildman–Crippen MR) is 64.3 cm³/mol. The van der Waals surface area contributed by atoms with E-state index in [0.717, 1.165) is 17.8 Å². The van der Waals surface area contributed by atoms with Crippen molar-refractivity contribution in [3.63, 3.8) is 0 Å². The van der Waals surface area contributed by atoms with Crippen molar-refractivity contribution in [3.8, 4) is 0 Å². The second kappa shape index (κ2) is 3.54. The van der Waals surface area contributed by atoms with Gasteiger partial charge in [-0.15, -0.1) is 0 Å². The molecule has 1 saturated carbocycles. The van der Waals surface area contributed by atoms with Gasteiger partial charge in [0.15, 0.2) is 0 Å². The molecule has 0 aromatic heterocycles. The van der Waals surface area contributed by atoms with Crippen LogP contribution in [0.25, 0.3) is 0 Å². The molecule has 0 radical (unpaired) electrons. The van der Waals surface area contributed by atoms with Gasteiger partial charge < -0.3 is 0 Å². The van der Waals surface area contributed by atoms with Crippen LogP contribution in [0.15, 0.2) is 0 Å². The predicted octanol–water partition coefficient (Wildman–Crippen LogP) is 4.74. The van der Waals surface area contributed by atoms with Crippen LogP contribution in [0.2, 0.25) is 0 Å². The highest BCUT2D eigenvalue weighted by molar-refractivity contribution is 5.02. The standard InChI is InChI=1S/C14H28/c1-8-10(2)12-9-11(3)13(4,5)14(12,6)7/h10-12H,8-9H2,1-7H3. The lowest BCUT2D eigenvalue weighted by atomic mass is 9.62. The lowest BCUT2D eigenvalue weighted by molar-refractivity contribution is 0.0606. The number of rotatable bonds is 2. The first-order chi connectivity index (χ1) is 6.25. The summed E-state index contributed by atoms with van der Waals surface area (Å²) in [5, 5.41) is 0. The van der Waals surface area contributed by atoms with Gasteiger partial charge >= 0.3 is 0 Å². The molecule has 0 aromatic carbocycles. The van der Waals surface area contributed by atoms with E-state index in [2.05, 4.69) is 48.5 Å². The first kappa shape index (κ1) is 12.1. The van der Waals surface area contributed by atoms with Crippen molar-refractivity contribution >= 4 is 0 Å². The van der Waals surface area contributed by atoms with E-state index >= 15 is 0 Å². The summed E-state index contributed by atoms with van der Waals surface area (Å²) in [7, 11) is 0. The van der Waals surface area contributed by atoms with Crippen molar-refractivity contribution in [2.45, 2.75) is 61.3 Å². The molecule has 0 heterocycles.